The second-order valence-corrected chi connectivity index (χ2v) is 4.44. The van der Waals surface area contributed by atoms with Gasteiger partial charge in [0.05, 0.1) is 6.54 Å². The van der Waals surface area contributed by atoms with Gasteiger partial charge in [-0.2, -0.15) is 4.98 Å². The monoisotopic (exact) mass is 241 g/mol. The lowest BCUT2D eigenvalue weighted by molar-refractivity contribution is -0.137. The number of hydrogen-bond acceptors (Lipinski definition) is 5. The van der Waals surface area contributed by atoms with E-state index in [4.69, 9.17) is 9.63 Å². The molecule has 0 spiro atoms. The Bertz CT molecular complexity index is 363. The van der Waals surface area contributed by atoms with E-state index in [0.717, 1.165) is 0 Å². The molecule has 1 heterocycles. The quantitative estimate of drug-likeness (QED) is 0.779. The number of nitrogens with zero attached hydrogens (tertiary/aromatic N) is 3. The number of carbonyl (C=O) groups is 1. The molecule has 17 heavy (non-hydrogen) atoms. The van der Waals surface area contributed by atoms with Gasteiger partial charge >= 0.3 is 5.97 Å². The van der Waals surface area contributed by atoms with Crippen molar-refractivity contribution in [2.75, 3.05) is 13.6 Å². The average Bonchev–Trinajstić information content (AvgIpc) is 2.65. The summed E-state index contributed by atoms with van der Waals surface area (Å²) >= 11 is 0. The average molecular weight is 241 g/mol. The molecule has 0 aliphatic carbocycles. The zero-order chi connectivity index (χ0) is 12.8. The fourth-order valence-corrected chi connectivity index (χ4v) is 1.39. The zero-order valence-corrected chi connectivity index (χ0v) is 10.5. The molecule has 0 aliphatic heterocycles. The number of rotatable bonds is 7. The third kappa shape index (κ3) is 4.95. The summed E-state index contributed by atoms with van der Waals surface area (Å²) in [6, 6.07) is 0. The van der Waals surface area contributed by atoms with Crippen molar-refractivity contribution >= 4 is 5.97 Å². The fourth-order valence-electron chi connectivity index (χ4n) is 1.39. The van der Waals surface area contributed by atoms with Gasteiger partial charge < -0.3 is 9.63 Å². The van der Waals surface area contributed by atoms with Gasteiger partial charge in [-0.3, -0.25) is 9.69 Å². The van der Waals surface area contributed by atoms with Gasteiger partial charge in [0.15, 0.2) is 5.82 Å². The van der Waals surface area contributed by atoms with Crippen molar-refractivity contribution in [3.8, 4) is 0 Å². The van der Waals surface area contributed by atoms with Crippen molar-refractivity contribution in [2.45, 2.75) is 39.2 Å². The van der Waals surface area contributed by atoms with E-state index in [9.17, 15) is 4.79 Å². The van der Waals surface area contributed by atoms with E-state index in [1.54, 1.807) is 0 Å². The molecule has 1 aromatic heterocycles. The molecule has 1 aromatic rings. The van der Waals surface area contributed by atoms with Crippen molar-refractivity contribution in [1.82, 2.24) is 15.0 Å². The predicted octanol–water partition coefficient (Wildman–Crippen LogP) is 1.49. The van der Waals surface area contributed by atoms with E-state index in [0.29, 0.717) is 31.2 Å². The molecule has 96 valence electrons. The highest BCUT2D eigenvalue weighted by Gasteiger charge is 2.11. The Morgan fingerprint density at radius 1 is 1.53 bits per heavy atom. The van der Waals surface area contributed by atoms with Gasteiger partial charge in [0, 0.05) is 12.3 Å². The molecule has 0 atom stereocenters. The molecule has 0 saturated heterocycles. The van der Waals surface area contributed by atoms with Crippen LogP contribution in [0.2, 0.25) is 0 Å². The normalized spacial score (nSPS) is 11.4. The zero-order valence-electron chi connectivity index (χ0n) is 10.5. The Labute approximate surface area is 101 Å². The van der Waals surface area contributed by atoms with Crippen molar-refractivity contribution < 1.29 is 14.4 Å². The smallest absolute Gasteiger partial charge is 0.303 e. The number of carboxylic acid groups (broad SMARTS) is 1. The van der Waals surface area contributed by atoms with Crippen LogP contribution < -0.4 is 0 Å². The van der Waals surface area contributed by atoms with Gasteiger partial charge in [-0.1, -0.05) is 19.0 Å². The van der Waals surface area contributed by atoms with Crippen molar-refractivity contribution in [2.24, 2.45) is 0 Å². The molecular formula is C11H19N3O3. The fraction of sp³-hybridized carbons (Fsp3) is 0.727. The molecule has 0 radical (unpaired) electrons. The Hall–Kier alpha value is -1.43. The molecule has 0 saturated carbocycles. The molecule has 6 heteroatoms. The summed E-state index contributed by atoms with van der Waals surface area (Å²) in [6.45, 7) is 5.27. The largest absolute Gasteiger partial charge is 0.481 e. The SMILES string of the molecule is CC(C)c1nc(CN(C)CCCC(=O)O)no1. The maximum atomic E-state index is 10.4. The molecule has 0 amide bonds. The van der Waals surface area contributed by atoms with Crippen molar-refractivity contribution in [3.63, 3.8) is 0 Å². The van der Waals surface area contributed by atoms with Gasteiger partial charge in [-0.15, -0.1) is 0 Å². The molecule has 0 aromatic carbocycles. The van der Waals surface area contributed by atoms with E-state index in [1.165, 1.54) is 0 Å². The summed E-state index contributed by atoms with van der Waals surface area (Å²) in [4.78, 5) is 16.6. The lowest BCUT2D eigenvalue weighted by atomic mass is 10.2. The highest BCUT2D eigenvalue weighted by Crippen LogP contribution is 2.11. The van der Waals surface area contributed by atoms with Gasteiger partial charge in [0.2, 0.25) is 5.89 Å². The summed E-state index contributed by atoms with van der Waals surface area (Å²) in [5.41, 5.74) is 0. The molecule has 0 bridgehead atoms. The lowest BCUT2D eigenvalue weighted by Gasteiger charge is -2.12. The molecule has 1 N–H and O–H groups in total. The van der Waals surface area contributed by atoms with Gasteiger partial charge in [0.25, 0.3) is 0 Å². The topological polar surface area (TPSA) is 79.5 Å². The molecule has 1 rings (SSSR count). The first-order chi connectivity index (χ1) is 7.99. The second-order valence-electron chi connectivity index (χ2n) is 4.44. The van der Waals surface area contributed by atoms with Crippen molar-refractivity contribution in [1.29, 1.82) is 0 Å². The van der Waals surface area contributed by atoms with Crippen LogP contribution in [-0.2, 0) is 11.3 Å². The third-order valence-electron chi connectivity index (χ3n) is 2.32. The van der Waals surface area contributed by atoms with Crippen LogP contribution in [0.15, 0.2) is 4.52 Å². The minimum absolute atomic E-state index is 0.188. The van der Waals surface area contributed by atoms with Crippen LogP contribution in [0.5, 0.6) is 0 Å². The maximum Gasteiger partial charge on any atom is 0.303 e. The number of aliphatic carboxylic acids is 1. The van der Waals surface area contributed by atoms with Gasteiger partial charge in [0.1, 0.15) is 0 Å². The van der Waals surface area contributed by atoms with Crippen LogP contribution in [0.3, 0.4) is 0 Å². The number of carboxylic acids is 1. The summed E-state index contributed by atoms with van der Waals surface area (Å²) < 4.78 is 5.09. The minimum Gasteiger partial charge on any atom is -0.481 e. The van der Waals surface area contributed by atoms with E-state index >= 15 is 0 Å². The Balaban J connectivity index is 2.34. The minimum atomic E-state index is -0.764. The van der Waals surface area contributed by atoms with Gasteiger partial charge in [-0.05, 0) is 20.0 Å². The third-order valence-corrected chi connectivity index (χ3v) is 2.32. The summed E-state index contributed by atoms with van der Waals surface area (Å²) in [6.07, 6.45) is 0.814. The molecule has 0 unspecified atom stereocenters. The van der Waals surface area contributed by atoms with E-state index < -0.39 is 5.97 Å². The molecular weight excluding hydrogens is 222 g/mol. The Morgan fingerprint density at radius 2 is 2.24 bits per heavy atom. The molecule has 0 aliphatic rings. The van der Waals surface area contributed by atoms with Gasteiger partial charge in [-0.25, -0.2) is 0 Å². The van der Waals surface area contributed by atoms with Crippen LogP contribution in [0.1, 0.15) is 44.3 Å². The van der Waals surface area contributed by atoms with Crippen LogP contribution in [-0.4, -0.2) is 39.7 Å². The highest BCUT2D eigenvalue weighted by atomic mass is 16.5. The van der Waals surface area contributed by atoms with Crippen LogP contribution in [0, 0.1) is 0 Å². The lowest BCUT2D eigenvalue weighted by Crippen LogP contribution is -2.20. The summed E-state index contributed by atoms with van der Waals surface area (Å²) in [5, 5.41) is 12.4. The van der Waals surface area contributed by atoms with E-state index in [1.807, 2.05) is 25.8 Å². The number of hydrogen-bond donors (Lipinski definition) is 1. The van der Waals surface area contributed by atoms with Crippen molar-refractivity contribution in [3.05, 3.63) is 11.7 Å². The Kier molecular flexibility index (Phi) is 5.09. The van der Waals surface area contributed by atoms with Crippen LogP contribution in [0.4, 0.5) is 0 Å². The predicted molar refractivity (Wildman–Crippen MR) is 61.6 cm³/mol. The summed E-state index contributed by atoms with van der Waals surface area (Å²) in [5.74, 6) is 0.749. The Morgan fingerprint density at radius 3 is 2.76 bits per heavy atom. The summed E-state index contributed by atoms with van der Waals surface area (Å²) in [7, 11) is 1.91. The molecule has 6 nitrogen and oxygen atoms in total. The first-order valence-corrected chi connectivity index (χ1v) is 5.72. The van der Waals surface area contributed by atoms with E-state index in [2.05, 4.69) is 10.1 Å². The van der Waals surface area contributed by atoms with Crippen LogP contribution in [0.25, 0.3) is 0 Å². The van der Waals surface area contributed by atoms with Crippen LogP contribution >= 0.6 is 0 Å². The number of aromatic nitrogens is 2. The standard InChI is InChI=1S/C11H19N3O3/c1-8(2)11-12-9(13-17-11)7-14(3)6-4-5-10(15)16/h8H,4-7H2,1-3H3,(H,15,16). The first kappa shape index (κ1) is 13.6. The first-order valence-electron chi connectivity index (χ1n) is 5.72. The second kappa shape index (κ2) is 6.34. The van der Waals surface area contributed by atoms with E-state index in [-0.39, 0.29) is 12.3 Å². The molecule has 0 fully saturated rings. The maximum absolute atomic E-state index is 10.4. The highest BCUT2D eigenvalue weighted by molar-refractivity contribution is 5.66.